The van der Waals surface area contributed by atoms with E-state index in [-0.39, 0.29) is 5.69 Å². The molecule has 6 nitrogen and oxygen atoms in total. The molecule has 4 rings (SSSR count). The van der Waals surface area contributed by atoms with Crippen LogP contribution in [0.3, 0.4) is 0 Å². The molecule has 0 atom stereocenters. The van der Waals surface area contributed by atoms with Crippen LogP contribution >= 0.6 is 50.3 Å². The van der Waals surface area contributed by atoms with Gasteiger partial charge in [0.05, 0.1) is 14.7 Å². The molecule has 3 aromatic rings. The number of nitrogens with zero attached hydrogens (tertiary/aromatic N) is 1. The third-order valence-electron chi connectivity index (χ3n) is 3.72. The van der Waals surface area contributed by atoms with E-state index in [0.29, 0.717) is 17.2 Å². The first kappa shape index (κ1) is 20.7. The van der Waals surface area contributed by atoms with Crippen molar-refractivity contribution >= 4 is 67.8 Å². The SMILES string of the molecule is O=[N+]([O-])c1ccc(OP2(=S)Oc3ccc(Br)cc3Sc3cc(Br)ccc3O2)cc1. The van der Waals surface area contributed by atoms with Crippen molar-refractivity contribution < 1.29 is 18.5 Å². The molecule has 1 aliphatic rings. The smallest absolute Gasteiger partial charge is 0.407 e. The summed E-state index contributed by atoms with van der Waals surface area (Å²) in [5.74, 6) is 1.40. The molecule has 29 heavy (non-hydrogen) atoms. The first-order valence-corrected chi connectivity index (χ1v) is 13.0. The number of non-ortho nitro benzene ring substituents is 1. The summed E-state index contributed by atoms with van der Waals surface area (Å²) in [5.41, 5.74) is -0.0459. The van der Waals surface area contributed by atoms with Crippen LogP contribution in [0.15, 0.2) is 79.4 Å². The Morgan fingerprint density at radius 1 is 0.931 bits per heavy atom. The maximum absolute atomic E-state index is 10.9. The van der Waals surface area contributed by atoms with Gasteiger partial charge in [-0.2, -0.15) is 0 Å². The van der Waals surface area contributed by atoms with Crippen LogP contribution in [0.4, 0.5) is 5.69 Å². The van der Waals surface area contributed by atoms with Gasteiger partial charge in [0, 0.05) is 32.9 Å². The number of fused-ring (bicyclic) bond motifs is 2. The van der Waals surface area contributed by atoms with Crippen LogP contribution in [0.25, 0.3) is 0 Å². The molecule has 0 bridgehead atoms. The van der Waals surface area contributed by atoms with Crippen molar-refractivity contribution in [3.63, 3.8) is 0 Å². The quantitative estimate of drug-likeness (QED) is 0.184. The lowest BCUT2D eigenvalue weighted by Crippen LogP contribution is -2.09. The lowest BCUT2D eigenvalue weighted by atomic mass is 10.3. The summed E-state index contributed by atoms with van der Waals surface area (Å²) in [6.45, 7) is -3.32. The van der Waals surface area contributed by atoms with E-state index < -0.39 is 11.6 Å². The van der Waals surface area contributed by atoms with E-state index in [2.05, 4.69) is 31.9 Å². The molecule has 0 spiro atoms. The fourth-order valence-corrected chi connectivity index (χ4v) is 6.66. The number of benzene rings is 3. The van der Waals surface area contributed by atoms with E-state index in [1.165, 1.54) is 36.0 Å². The normalized spacial score (nSPS) is 14.3. The van der Waals surface area contributed by atoms with Gasteiger partial charge in [-0.15, -0.1) is 0 Å². The highest BCUT2D eigenvalue weighted by Crippen LogP contribution is 2.57. The van der Waals surface area contributed by atoms with Crippen molar-refractivity contribution in [3.05, 3.63) is 79.7 Å². The van der Waals surface area contributed by atoms with E-state index >= 15 is 0 Å². The first-order valence-electron chi connectivity index (χ1n) is 8.02. The minimum absolute atomic E-state index is 0.0459. The molecule has 0 aromatic heterocycles. The number of rotatable bonds is 3. The van der Waals surface area contributed by atoms with E-state index in [0.717, 1.165) is 18.7 Å². The van der Waals surface area contributed by atoms with Gasteiger partial charge in [-0.3, -0.25) is 10.1 Å². The van der Waals surface area contributed by atoms with Gasteiger partial charge < -0.3 is 13.6 Å². The van der Waals surface area contributed by atoms with Gasteiger partial charge in [0.25, 0.3) is 5.69 Å². The zero-order valence-corrected chi connectivity index (χ0v) is 20.0. The zero-order valence-electron chi connectivity index (χ0n) is 14.3. The van der Waals surface area contributed by atoms with Crippen molar-refractivity contribution in [3.8, 4) is 17.2 Å². The van der Waals surface area contributed by atoms with Crippen molar-refractivity contribution in [2.75, 3.05) is 0 Å². The Morgan fingerprint density at radius 3 is 1.93 bits per heavy atom. The van der Waals surface area contributed by atoms with Crippen LogP contribution in [0, 0.1) is 10.1 Å². The monoisotopic (exact) mass is 573 g/mol. The lowest BCUT2D eigenvalue weighted by Gasteiger charge is -2.27. The Labute approximate surface area is 192 Å². The Hall–Kier alpha value is -1.58. The van der Waals surface area contributed by atoms with Crippen LogP contribution in [-0.2, 0) is 11.8 Å². The highest BCUT2D eigenvalue weighted by atomic mass is 79.9. The summed E-state index contributed by atoms with van der Waals surface area (Å²) < 4.78 is 19.8. The molecular formula is C18H10Br2NO5PS2. The largest absolute Gasteiger partial charge is 0.490 e. The molecular weight excluding hydrogens is 565 g/mol. The second-order valence-corrected chi connectivity index (χ2v) is 11.5. The Morgan fingerprint density at radius 2 is 1.45 bits per heavy atom. The molecule has 0 saturated heterocycles. The van der Waals surface area contributed by atoms with Crippen molar-refractivity contribution in [2.45, 2.75) is 9.79 Å². The minimum Gasteiger partial charge on any atom is -0.407 e. The van der Waals surface area contributed by atoms with Gasteiger partial charge in [0.15, 0.2) is 0 Å². The molecule has 0 amide bonds. The molecule has 11 heteroatoms. The van der Waals surface area contributed by atoms with Crippen LogP contribution in [0.2, 0.25) is 0 Å². The molecule has 0 radical (unpaired) electrons. The molecule has 1 aliphatic heterocycles. The van der Waals surface area contributed by atoms with Gasteiger partial charge in [-0.05, 0) is 48.5 Å². The Kier molecular flexibility index (Phi) is 5.90. The van der Waals surface area contributed by atoms with Crippen molar-refractivity contribution in [1.29, 1.82) is 0 Å². The number of nitro benzene ring substituents is 1. The lowest BCUT2D eigenvalue weighted by molar-refractivity contribution is -0.384. The highest BCUT2D eigenvalue weighted by Gasteiger charge is 2.31. The summed E-state index contributed by atoms with van der Waals surface area (Å²) in [6, 6.07) is 16.7. The van der Waals surface area contributed by atoms with Crippen LogP contribution in [0.5, 0.6) is 17.2 Å². The maximum Gasteiger partial charge on any atom is 0.490 e. The fourth-order valence-electron chi connectivity index (χ4n) is 2.45. The Bertz CT molecular complexity index is 1100. The standard InChI is InChI=1S/C18H10Br2NO5PS2/c19-11-1-7-15-17(9-11)29-18-10-12(20)2-8-16(18)26-27(28,25-15)24-14-5-3-13(4-6-14)21(22)23/h1-10H. The number of hydrogen-bond donors (Lipinski definition) is 0. The first-order chi connectivity index (χ1) is 13.8. The van der Waals surface area contributed by atoms with Crippen LogP contribution in [0.1, 0.15) is 0 Å². The van der Waals surface area contributed by atoms with Crippen molar-refractivity contribution in [2.24, 2.45) is 0 Å². The molecule has 1 heterocycles. The van der Waals surface area contributed by atoms with Gasteiger partial charge in [0.1, 0.15) is 17.2 Å². The second-order valence-electron chi connectivity index (χ2n) is 5.76. The number of hydrogen-bond acceptors (Lipinski definition) is 7. The van der Waals surface area contributed by atoms with E-state index in [9.17, 15) is 10.1 Å². The maximum atomic E-state index is 10.9. The number of halogens is 2. The van der Waals surface area contributed by atoms with Crippen LogP contribution < -0.4 is 13.6 Å². The van der Waals surface area contributed by atoms with Gasteiger partial charge >= 0.3 is 6.72 Å². The van der Waals surface area contributed by atoms with E-state index in [1.54, 1.807) is 12.1 Å². The van der Waals surface area contributed by atoms with Crippen LogP contribution in [-0.4, -0.2) is 4.92 Å². The predicted molar refractivity (Wildman–Crippen MR) is 122 cm³/mol. The predicted octanol–water partition coefficient (Wildman–Crippen LogP) is 7.35. The molecule has 0 aliphatic carbocycles. The molecule has 0 saturated carbocycles. The Balaban J connectivity index is 1.75. The summed E-state index contributed by atoms with van der Waals surface area (Å²) in [5, 5.41) is 10.9. The molecule has 0 fully saturated rings. The molecule has 3 aromatic carbocycles. The highest BCUT2D eigenvalue weighted by molar-refractivity contribution is 9.10. The third kappa shape index (κ3) is 4.78. The van der Waals surface area contributed by atoms with E-state index in [4.69, 9.17) is 25.4 Å². The van der Waals surface area contributed by atoms with Gasteiger partial charge in [-0.1, -0.05) is 43.6 Å². The zero-order chi connectivity index (χ0) is 20.6. The molecule has 0 unspecified atom stereocenters. The summed E-state index contributed by atoms with van der Waals surface area (Å²) in [4.78, 5) is 12.1. The summed E-state index contributed by atoms with van der Waals surface area (Å²) >= 11 is 14.1. The number of nitro groups is 1. The third-order valence-corrected chi connectivity index (χ3v) is 7.73. The average molecular weight is 575 g/mol. The topological polar surface area (TPSA) is 70.8 Å². The summed E-state index contributed by atoms with van der Waals surface area (Å²) in [7, 11) is 0. The van der Waals surface area contributed by atoms with E-state index in [1.807, 2.05) is 24.3 Å². The van der Waals surface area contributed by atoms with Gasteiger partial charge in [0.2, 0.25) is 0 Å². The minimum atomic E-state index is -3.32. The molecule has 148 valence electrons. The van der Waals surface area contributed by atoms with Gasteiger partial charge in [-0.25, -0.2) is 0 Å². The average Bonchev–Trinajstić information content (AvgIpc) is 2.65. The molecule has 0 N–H and O–H groups in total. The summed E-state index contributed by atoms with van der Waals surface area (Å²) in [6.07, 6.45) is 0. The fraction of sp³-hybridized carbons (Fsp3) is 0. The second kappa shape index (κ2) is 8.28. The van der Waals surface area contributed by atoms with Crippen molar-refractivity contribution in [1.82, 2.24) is 0 Å².